The largest absolute Gasteiger partial charge is 0.310 e. The molecule has 2 heteroatoms. The Hall–Kier alpha value is -7.78. The van der Waals surface area contributed by atoms with Crippen LogP contribution in [-0.4, -0.2) is 0 Å². The van der Waals surface area contributed by atoms with E-state index in [1.807, 2.05) is 11.3 Å². The summed E-state index contributed by atoms with van der Waals surface area (Å²) >= 11 is 1.90. The highest BCUT2D eigenvalue weighted by molar-refractivity contribution is 7.25. The van der Waals surface area contributed by atoms with Crippen molar-refractivity contribution in [3.8, 4) is 55.6 Å². The molecule has 2 aliphatic carbocycles. The Morgan fingerprint density at radius 1 is 0.270 bits per heavy atom. The first-order valence-electron chi connectivity index (χ1n) is 21.7. The predicted octanol–water partition coefficient (Wildman–Crippen LogP) is 16.9. The van der Waals surface area contributed by atoms with Gasteiger partial charge < -0.3 is 4.90 Å². The number of thiophene rings is 1. The summed E-state index contributed by atoms with van der Waals surface area (Å²) < 4.78 is 2.65. The minimum Gasteiger partial charge on any atom is -0.310 e. The molecule has 0 saturated carbocycles. The van der Waals surface area contributed by atoms with Gasteiger partial charge in [-0.05, 0) is 132 Å². The van der Waals surface area contributed by atoms with Gasteiger partial charge in [-0.1, -0.05) is 182 Å². The van der Waals surface area contributed by atoms with E-state index in [0.717, 1.165) is 17.1 Å². The van der Waals surface area contributed by atoms with E-state index < -0.39 is 5.41 Å². The third-order valence-corrected chi connectivity index (χ3v) is 14.6. The van der Waals surface area contributed by atoms with Crippen molar-refractivity contribution >= 4 is 48.6 Å². The molecule has 1 spiro atoms. The molecule has 0 N–H and O–H groups in total. The van der Waals surface area contributed by atoms with Crippen LogP contribution in [0, 0.1) is 0 Å². The molecule has 1 atom stereocenters. The number of hydrogen-bond donors (Lipinski definition) is 0. The number of fused-ring (bicyclic) bond motifs is 15. The fourth-order valence-electron chi connectivity index (χ4n) is 10.7. The molecule has 0 amide bonds. The third kappa shape index (κ3) is 5.42. The monoisotopic (exact) mass is 817 g/mol. The Labute approximate surface area is 371 Å². The van der Waals surface area contributed by atoms with Gasteiger partial charge in [-0.3, -0.25) is 0 Å². The van der Waals surface area contributed by atoms with Gasteiger partial charge >= 0.3 is 0 Å². The van der Waals surface area contributed by atoms with Crippen LogP contribution in [0.3, 0.4) is 0 Å². The van der Waals surface area contributed by atoms with Crippen molar-refractivity contribution in [3.63, 3.8) is 0 Å². The van der Waals surface area contributed by atoms with E-state index in [9.17, 15) is 0 Å². The van der Waals surface area contributed by atoms with Gasteiger partial charge in [-0.2, -0.15) is 0 Å². The quantitative estimate of drug-likeness (QED) is 0.167. The SMILES string of the molecule is c1ccc(-c2ccc(N(c3ccc(-c4ccccc4)cc3)c3ccc4c(c3)C3(c5ccccc5-c5ccccc5-4)c4ccccc4-c4cc5sc6ccccc6c5cc43)cc2)cc1. The molecule has 1 heterocycles. The van der Waals surface area contributed by atoms with Crippen molar-refractivity contribution in [2.45, 2.75) is 5.41 Å². The molecule has 0 radical (unpaired) electrons. The van der Waals surface area contributed by atoms with Crippen LogP contribution >= 0.6 is 11.3 Å². The van der Waals surface area contributed by atoms with Crippen molar-refractivity contribution in [2.24, 2.45) is 0 Å². The van der Waals surface area contributed by atoms with Crippen molar-refractivity contribution in [2.75, 3.05) is 4.90 Å². The van der Waals surface area contributed by atoms with Gasteiger partial charge in [-0.25, -0.2) is 0 Å². The summed E-state index contributed by atoms with van der Waals surface area (Å²) in [4.78, 5) is 2.44. The second-order valence-corrected chi connectivity index (χ2v) is 17.9. The van der Waals surface area contributed by atoms with Gasteiger partial charge in [0.1, 0.15) is 0 Å². The second-order valence-electron chi connectivity index (χ2n) is 16.8. The molecule has 1 unspecified atom stereocenters. The topological polar surface area (TPSA) is 3.24 Å². The summed E-state index contributed by atoms with van der Waals surface area (Å²) in [6, 6.07) is 88.1. The Morgan fingerprint density at radius 3 is 1.32 bits per heavy atom. The molecular weight excluding hydrogens is 779 g/mol. The lowest BCUT2D eigenvalue weighted by Gasteiger charge is -2.36. The molecule has 2 aliphatic rings. The van der Waals surface area contributed by atoms with E-state index >= 15 is 0 Å². The lowest BCUT2D eigenvalue weighted by molar-refractivity contribution is 0.776. The van der Waals surface area contributed by atoms with E-state index in [0.29, 0.717) is 0 Å². The van der Waals surface area contributed by atoms with Crippen LogP contribution < -0.4 is 4.90 Å². The van der Waals surface area contributed by atoms with Crippen LogP contribution in [0.25, 0.3) is 75.8 Å². The Morgan fingerprint density at radius 2 is 0.714 bits per heavy atom. The zero-order chi connectivity index (χ0) is 41.5. The highest BCUT2D eigenvalue weighted by Crippen LogP contribution is 2.63. The fraction of sp³-hybridized carbons (Fsp3) is 0.0164. The Kier molecular flexibility index (Phi) is 8.06. The van der Waals surface area contributed by atoms with Crippen molar-refractivity contribution in [1.29, 1.82) is 0 Å². The van der Waals surface area contributed by atoms with Crippen LogP contribution in [0.4, 0.5) is 17.1 Å². The number of rotatable bonds is 5. The maximum atomic E-state index is 2.55. The summed E-state index contributed by atoms with van der Waals surface area (Å²) in [6.45, 7) is 0. The fourth-order valence-corrected chi connectivity index (χ4v) is 11.9. The molecule has 0 fully saturated rings. The average Bonchev–Trinajstić information content (AvgIpc) is 3.83. The molecule has 63 heavy (non-hydrogen) atoms. The van der Waals surface area contributed by atoms with E-state index in [2.05, 4.69) is 241 Å². The summed E-state index contributed by atoms with van der Waals surface area (Å²) in [7, 11) is 0. The molecule has 1 aromatic heterocycles. The molecule has 1 nitrogen and oxygen atoms in total. The average molecular weight is 818 g/mol. The summed E-state index contributed by atoms with van der Waals surface area (Å²) in [5.41, 5.74) is 20.4. The molecule has 13 rings (SSSR count). The Balaban J connectivity index is 1.11. The van der Waals surface area contributed by atoms with Crippen molar-refractivity contribution in [1.82, 2.24) is 0 Å². The van der Waals surface area contributed by atoms with Crippen LogP contribution in [0.15, 0.2) is 237 Å². The van der Waals surface area contributed by atoms with Crippen LogP contribution in [-0.2, 0) is 5.41 Å². The van der Waals surface area contributed by atoms with E-state index in [1.54, 1.807) is 0 Å². The zero-order valence-electron chi connectivity index (χ0n) is 34.4. The highest BCUT2D eigenvalue weighted by Gasteiger charge is 2.50. The van der Waals surface area contributed by atoms with Crippen LogP contribution in [0.5, 0.6) is 0 Å². The molecule has 10 aromatic carbocycles. The third-order valence-electron chi connectivity index (χ3n) is 13.5. The van der Waals surface area contributed by atoms with Crippen molar-refractivity contribution in [3.05, 3.63) is 259 Å². The van der Waals surface area contributed by atoms with Crippen LogP contribution in [0.2, 0.25) is 0 Å². The summed E-state index contributed by atoms with van der Waals surface area (Å²) in [6.07, 6.45) is 0. The maximum absolute atomic E-state index is 2.55. The first-order valence-corrected chi connectivity index (χ1v) is 22.6. The van der Waals surface area contributed by atoms with Crippen LogP contribution in [0.1, 0.15) is 22.3 Å². The molecule has 0 aliphatic heterocycles. The van der Waals surface area contributed by atoms with Gasteiger partial charge in [0.2, 0.25) is 0 Å². The lowest BCUT2D eigenvalue weighted by Crippen LogP contribution is -2.29. The molecule has 11 aromatic rings. The smallest absolute Gasteiger partial charge is 0.0726 e. The first-order chi connectivity index (χ1) is 31.2. The first kappa shape index (κ1) is 35.9. The zero-order valence-corrected chi connectivity index (χ0v) is 35.2. The molecular formula is C61H39NS. The van der Waals surface area contributed by atoms with Gasteiger partial charge in [0.25, 0.3) is 0 Å². The van der Waals surface area contributed by atoms with E-state index in [-0.39, 0.29) is 0 Å². The minimum absolute atomic E-state index is 0.621. The standard InChI is InChI=1S/C61H39NS/c1-3-15-40(16-4-1)42-27-31-44(32-28-42)62(45-33-29-43(30-34-45)41-17-5-2-6-18-41)46-35-36-51-48-20-8-7-19-47(48)49-21-9-12-24-55(49)61(57(51)37-46)56-25-13-10-22-50(56)53-39-60-54(38-58(53)61)52-23-11-14-26-59(52)63-60/h1-39H. The highest BCUT2D eigenvalue weighted by atomic mass is 32.1. The second kappa shape index (κ2) is 14.1. The normalized spacial score (nSPS) is 14.4. The van der Waals surface area contributed by atoms with Gasteiger partial charge in [-0.15, -0.1) is 11.3 Å². The van der Waals surface area contributed by atoms with Crippen molar-refractivity contribution < 1.29 is 0 Å². The lowest BCUT2D eigenvalue weighted by atomic mass is 9.65. The van der Waals surface area contributed by atoms with Gasteiger partial charge in [0.15, 0.2) is 0 Å². The Bertz CT molecular complexity index is 3470. The van der Waals surface area contributed by atoms with E-state index in [1.165, 1.54) is 98.1 Å². The maximum Gasteiger partial charge on any atom is 0.0726 e. The van der Waals surface area contributed by atoms with Gasteiger partial charge in [0.05, 0.1) is 5.41 Å². The number of benzene rings is 10. The summed E-state index contributed by atoms with van der Waals surface area (Å²) in [5.74, 6) is 0. The summed E-state index contributed by atoms with van der Waals surface area (Å²) in [5, 5.41) is 2.63. The number of nitrogens with zero attached hydrogens (tertiary/aromatic N) is 1. The predicted molar refractivity (Wildman–Crippen MR) is 267 cm³/mol. The number of hydrogen-bond acceptors (Lipinski definition) is 2. The molecule has 0 bridgehead atoms. The van der Waals surface area contributed by atoms with Gasteiger partial charge in [0, 0.05) is 37.2 Å². The molecule has 294 valence electrons. The number of anilines is 3. The van der Waals surface area contributed by atoms with E-state index in [4.69, 9.17) is 0 Å². The molecule has 0 saturated heterocycles. The minimum atomic E-state index is -0.621.